The normalized spacial score (nSPS) is 12.6. The molecule has 1 aromatic carbocycles. The van der Waals surface area contributed by atoms with Gasteiger partial charge in [-0.05, 0) is 37.1 Å². The molecule has 0 saturated carbocycles. The van der Waals surface area contributed by atoms with Crippen LogP contribution in [0, 0.1) is 6.92 Å². The quantitative estimate of drug-likeness (QED) is 0.850. The van der Waals surface area contributed by atoms with Crippen molar-refractivity contribution in [1.82, 2.24) is 15.3 Å². The molecule has 4 heteroatoms. The Hall–Kier alpha value is -1.13. The molecule has 0 aliphatic rings. The summed E-state index contributed by atoms with van der Waals surface area (Å²) in [7, 11) is 0. The molecule has 0 radical (unpaired) electrons. The van der Waals surface area contributed by atoms with Crippen molar-refractivity contribution in [2.75, 3.05) is 6.54 Å². The Morgan fingerprint density at radius 1 is 1.42 bits per heavy atom. The summed E-state index contributed by atoms with van der Waals surface area (Å²) in [4.78, 5) is 7.52. The van der Waals surface area contributed by atoms with E-state index in [1.165, 1.54) is 11.1 Å². The van der Waals surface area contributed by atoms with E-state index in [9.17, 15) is 0 Å². The van der Waals surface area contributed by atoms with Gasteiger partial charge in [-0.25, -0.2) is 4.98 Å². The van der Waals surface area contributed by atoms with E-state index in [2.05, 4.69) is 63.3 Å². The number of nitrogens with zero attached hydrogens (tertiary/aromatic N) is 1. The van der Waals surface area contributed by atoms with Gasteiger partial charge in [0.15, 0.2) is 0 Å². The summed E-state index contributed by atoms with van der Waals surface area (Å²) in [5.74, 6) is 1.02. The lowest BCUT2D eigenvalue weighted by atomic mass is 9.98. The predicted octanol–water partition coefficient (Wildman–Crippen LogP) is 3.76. The minimum absolute atomic E-state index is 0.295. The molecule has 2 N–H and O–H groups in total. The van der Waals surface area contributed by atoms with Gasteiger partial charge in [-0.3, -0.25) is 0 Å². The Morgan fingerprint density at radius 2 is 2.26 bits per heavy atom. The molecule has 0 amide bonds. The number of hydrogen-bond donors (Lipinski definition) is 2. The third-order valence-electron chi connectivity index (χ3n) is 3.28. The lowest BCUT2D eigenvalue weighted by molar-refractivity contribution is 0.518. The Bertz CT molecular complexity index is 508. The number of H-pyrrole nitrogens is 1. The molecule has 2 aromatic rings. The second-order valence-electron chi connectivity index (χ2n) is 4.70. The molecule has 19 heavy (non-hydrogen) atoms. The largest absolute Gasteiger partial charge is 0.349 e. The van der Waals surface area contributed by atoms with Gasteiger partial charge in [-0.2, -0.15) is 0 Å². The molecule has 0 bridgehead atoms. The summed E-state index contributed by atoms with van der Waals surface area (Å²) in [6.45, 7) is 5.35. The van der Waals surface area contributed by atoms with Crippen LogP contribution in [0.2, 0.25) is 0 Å². The number of benzene rings is 1. The molecule has 102 valence electrons. The zero-order valence-corrected chi connectivity index (χ0v) is 13.0. The minimum Gasteiger partial charge on any atom is -0.349 e. The summed E-state index contributed by atoms with van der Waals surface area (Å²) in [6.07, 6.45) is 5.69. The minimum atomic E-state index is 0.295. The molecule has 1 aromatic heterocycles. The highest BCUT2D eigenvalue weighted by atomic mass is 79.9. The highest BCUT2D eigenvalue weighted by Crippen LogP contribution is 2.26. The Morgan fingerprint density at radius 3 is 2.95 bits per heavy atom. The van der Waals surface area contributed by atoms with Crippen molar-refractivity contribution < 1.29 is 0 Å². The Balaban J connectivity index is 2.23. The summed E-state index contributed by atoms with van der Waals surface area (Å²) in [6, 6.07) is 6.66. The number of hydrogen-bond acceptors (Lipinski definition) is 2. The first-order chi connectivity index (χ1) is 9.22. The van der Waals surface area contributed by atoms with Crippen LogP contribution in [0.25, 0.3) is 0 Å². The zero-order valence-electron chi connectivity index (χ0n) is 11.4. The van der Waals surface area contributed by atoms with Gasteiger partial charge in [-0.15, -0.1) is 0 Å². The number of nitrogens with one attached hydrogen (secondary N) is 2. The van der Waals surface area contributed by atoms with Crippen LogP contribution in [-0.4, -0.2) is 16.5 Å². The van der Waals surface area contributed by atoms with E-state index in [0.717, 1.165) is 29.7 Å². The highest BCUT2D eigenvalue weighted by Gasteiger charge is 2.15. The average molecular weight is 322 g/mol. The van der Waals surface area contributed by atoms with E-state index >= 15 is 0 Å². The van der Waals surface area contributed by atoms with Crippen molar-refractivity contribution >= 4 is 15.9 Å². The summed E-state index contributed by atoms with van der Waals surface area (Å²) in [5, 5.41) is 3.61. The van der Waals surface area contributed by atoms with Gasteiger partial charge in [0.1, 0.15) is 5.82 Å². The van der Waals surface area contributed by atoms with Gasteiger partial charge in [0, 0.05) is 29.3 Å². The van der Waals surface area contributed by atoms with E-state index in [1.807, 2.05) is 6.20 Å². The third-order valence-corrected chi connectivity index (χ3v) is 4.14. The van der Waals surface area contributed by atoms with Crippen LogP contribution < -0.4 is 5.32 Å². The van der Waals surface area contributed by atoms with Crippen molar-refractivity contribution in [3.8, 4) is 0 Å². The van der Waals surface area contributed by atoms with Gasteiger partial charge < -0.3 is 10.3 Å². The number of rotatable bonds is 6. The molecule has 1 unspecified atom stereocenters. The van der Waals surface area contributed by atoms with Gasteiger partial charge >= 0.3 is 0 Å². The van der Waals surface area contributed by atoms with Crippen LogP contribution in [0.15, 0.2) is 35.1 Å². The number of halogens is 1. The van der Waals surface area contributed by atoms with Crippen molar-refractivity contribution in [2.45, 2.75) is 32.7 Å². The molecule has 0 spiro atoms. The van der Waals surface area contributed by atoms with Crippen LogP contribution in [0.5, 0.6) is 0 Å². The van der Waals surface area contributed by atoms with E-state index in [0.29, 0.717) is 6.04 Å². The molecule has 1 atom stereocenters. The first-order valence-corrected chi connectivity index (χ1v) is 7.48. The fourth-order valence-corrected chi connectivity index (χ4v) is 2.60. The summed E-state index contributed by atoms with van der Waals surface area (Å²) < 4.78 is 1.16. The Kier molecular flexibility index (Phi) is 5.16. The molecule has 0 saturated heterocycles. The highest BCUT2D eigenvalue weighted by molar-refractivity contribution is 9.10. The van der Waals surface area contributed by atoms with Crippen molar-refractivity contribution in [3.05, 3.63) is 52.0 Å². The topological polar surface area (TPSA) is 40.7 Å². The summed E-state index contributed by atoms with van der Waals surface area (Å²) >= 11 is 3.61. The van der Waals surface area contributed by atoms with Crippen molar-refractivity contribution in [2.24, 2.45) is 0 Å². The van der Waals surface area contributed by atoms with Crippen molar-refractivity contribution in [1.29, 1.82) is 0 Å². The monoisotopic (exact) mass is 321 g/mol. The lowest BCUT2D eigenvalue weighted by Crippen LogP contribution is -2.25. The zero-order chi connectivity index (χ0) is 13.7. The number of aromatic nitrogens is 2. The second-order valence-corrected chi connectivity index (χ2v) is 5.56. The van der Waals surface area contributed by atoms with Gasteiger partial charge in [0.2, 0.25) is 0 Å². The molecule has 2 rings (SSSR count). The second kappa shape index (κ2) is 6.87. The SMILES string of the molecule is CCCNC(Cc1ncc[nH]1)c1cccc(Br)c1C. The molecule has 0 aliphatic heterocycles. The maximum absolute atomic E-state index is 4.33. The van der Waals surface area contributed by atoms with Crippen LogP contribution in [0.1, 0.15) is 36.3 Å². The van der Waals surface area contributed by atoms with Crippen LogP contribution in [0.4, 0.5) is 0 Å². The fourth-order valence-electron chi connectivity index (χ4n) is 2.22. The molecular weight excluding hydrogens is 302 g/mol. The standard InChI is InChI=1S/C15H20BrN3/c1-3-7-17-14(10-15-18-8-9-19-15)12-5-4-6-13(16)11(12)2/h4-6,8-9,14,17H,3,7,10H2,1-2H3,(H,18,19). The lowest BCUT2D eigenvalue weighted by Gasteiger charge is -2.20. The first kappa shape index (κ1) is 14.3. The van der Waals surface area contributed by atoms with E-state index in [-0.39, 0.29) is 0 Å². The molecule has 0 aliphatic carbocycles. The number of imidazole rings is 1. The van der Waals surface area contributed by atoms with Gasteiger partial charge in [-0.1, -0.05) is 35.0 Å². The van der Waals surface area contributed by atoms with E-state index < -0.39 is 0 Å². The number of aromatic amines is 1. The fraction of sp³-hybridized carbons (Fsp3) is 0.400. The maximum Gasteiger partial charge on any atom is 0.107 e. The Labute approximate surface area is 123 Å². The molecule has 1 heterocycles. The van der Waals surface area contributed by atoms with E-state index in [4.69, 9.17) is 0 Å². The molecule has 0 fully saturated rings. The summed E-state index contributed by atoms with van der Waals surface area (Å²) in [5.41, 5.74) is 2.63. The molecule has 3 nitrogen and oxygen atoms in total. The van der Waals surface area contributed by atoms with E-state index in [1.54, 1.807) is 6.20 Å². The van der Waals surface area contributed by atoms with Gasteiger partial charge in [0.25, 0.3) is 0 Å². The maximum atomic E-state index is 4.33. The van der Waals surface area contributed by atoms with Crippen LogP contribution in [-0.2, 0) is 6.42 Å². The van der Waals surface area contributed by atoms with Crippen molar-refractivity contribution in [3.63, 3.8) is 0 Å². The first-order valence-electron chi connectivity index (χ1n) is 6.69. The smallest absolute Gasteiger partial charge is 0.107 e. The van der Waals surface area contributed by atoms with Crippen LogP contribution in [0.3, 0.4) is 0 Å². The molecular formula is C15H20BrN3. The van der Waals surface area contributed by atoms with Gasteiger partial charge in [0.05, 0.1) is 0 Å². The predicted molar refractivity (Wildman–Crippen MR) is 82.2 cm³/mol. The average Bonchev–Trinajstić information content (AvgIpc) is 2.91. The third kappa shape index (κ3) is 3.67. The van der Waals surface area contributed by atoms with Crippen LogP contribution >= 0.6 is 15.9 Å².